The third-order valence-electron chi connectivity index (χ3n) is 6.35. The van der Waals surface area contributed by atoms with Crippen LogP contribution in [0.1, 0.15) is 56.2 Å². The van der Waals surface area contributed by atoms with Crippen LogP contribution in [0.2, 0.25) is 0 Å². The van der Waals surface area contributed by atoms with Gasteiger partial charge in [-0.3, -0.25) is 0 Å². The standard InChI is InChI=1S/C24H32N6O/c1-24(2)13-18-17(22-21(24)23(26)30-15-29-22)6-7-20(19(18)14-28-11-4-9-25)31-16-5-3-10-27-12-8-16/h6-7,15-16,27-28H,3-5,8,10-14H2,1-2H3,(H2,26,29,30). The van der Waals surface area contributed by atoms with E-state index < -0.39 is 0 Å². The van der Waals surface area contributed by atoms with E-state index >= 15 is 0 Å². The first-order chi connectivity index (χ1) is 15.0. The van der Waals surface area contributed by atoms with Gasteiger partial charge in [0.1, 0.15) is 17.9 Å². The van der Waals surface area contributed by atoms with Gasteiger partial charge in [0, 0.05) is 36.2 Å². The van der Waals surface area contributed by atoms with Gasteiger partial charge in [0.25, 0.3) is 0 Å². The molecule has 0 bridgehead atoms. The summed E-state index contributed by atoms with van der Waals surface area (Å²) in [5, 5.41) is 15.8. The molecule has 1 fully saturated rings. The highest BCUT2D eigenvalue weighted by molar-refractivity contribution is 5.77. The minimum atomic E-state index is -0.181. The summed E-state index contributed by atoms with van der Waals surface area (Å²) in [4.78, 5) is 8.87. The van der Waals surface area contributed by atoms with Gasteiger partial charge < -0.3 is 21.1 Å². The Kier molecular flexibility index (Phi) is 6.40. The molecule has 0 saturated carbocycles. The maximum atomic E-state index is 8.91. The average molecular weight is 421 g/mol. The lowest BCUT2D eigenvalue weighted by molar-refractivity contribution is 0.185. The first-order valence-electron chi connectivity index (χ1n) is 11.2. The number of benzene rings is 1. The van der Waals surface area contributed by atoms with Crippen LogP contribution in [-0.2, 0) is 18.4 Å². The van der Waals surface area contributed by atoms with Gasteiger partial charge in [0.2, 0.25) is 0 Å². The lowest BCUT2D eigenvalue weighted by Crippen LogP contribution is -2.30. The van der Waals surface area contributed by atoms with E-state index in [0.717, 1.165) is 61.3 Å². The summed E-state index contributed by atoms with van der Waals surface area (Å²) in [6.45, 7) is 7.76. The van der Waals surface area contributed by atoms with E-state index in [1.807, 2.05) is 0 Å². The molecule has 2 aromatic rings. The second-order valence-corrected chi connectivity index (χ2v) is 9.12. The third kappa shape index (κ3) is 4.51. The quantitative estimate of drug-likeness (QED) is 0.616. The van der Waals surface area contributed by atoms with Gasteiger partial charge in [-0.25, -0.2) is 9.97 Å². The van der Waals surface area contributed by atoms with Gasteiger partial charge in [0.15, 0.2) is 0 Å². The van der Waals surface area contributed by atoms with E-state index in [1.54, 1.807) is 6.33 Å². The molecule has 7 nitrogen and oxygen atoms in total. The molecule has 1 aliphatic carbocycles. The third-order valence-corrected chi connectivity index (χ3v) is 6.35. The second-order valence-electron chi connectivity index (χ2n) is 9.12. The van der Waals surface area contributed by atoms with Crippen LogP contribution in [-0.4, -0.2) is 35.7 Å². The highest BCUT2D eigenvalue weighted by atomic mass is 16.5. The normalized spacial score (nSPS) is 19.6. The van der Waals surface area contributed by atoms with E-state index in [2.05, 4.69) is 52.7 Å². The average Bonchev–Trinajstić information content (AvgIpc) is 3.00. The van der Waals surface area contributed by atoms with Crippen molar-refractivity contribution >= 4 is 5.82 Å². The van der Waals surface area contributed by atoms with Crippen molar-refractivity contribution in [1.82, 2.24) is 20.6 Å². The SMILES string of the molecule is CC1(C)Cc2c(ccc(OC3CCCNCC3)c2CNCCC#N)-c2ncnc(N)c21. The minimum absolute atomic E-state index is 0.181. The van der Waals surface area contributed by atoms with Gasteiger partial charge in [-0.1, -0.05) is 13.8 Å². The lowest BCUT2D eigenvalue weighted by Gasteiger charge is -2.35. The maximum absolute atomic E-state index is 8.91. The summed E-state index contributed by atoms with van der Waals surface area (Å²) in [7, 11) is 0. The lowest BCUT2D eigenvalue weighted by atomic mass is 9.70. The summed E-state index contributed by atoms with van der Waals surface area (Å²) >= 11 is 0. The zero-order valence-electron chi connectivity index (χ0n) is 18.5. The Hall–Kier alpha value is -2.69. The van der Waals surface area contributed by atoms with Crippen LogP contribution in [0, 0.1) is 11.3 Å². The summed E-state index contributed by atoms with van der Waals surface area (Å²) in [6.07, 6.45) is 6.28. The molecule has 1 aromatic heterocycles. The number of nitriles is 1. The number of ether oxygens (including phenoxy) is 1. The highest BCUT2D eigenvalue weighted by Crippen LogP contribution is 2.46. The number of nitrogen functional groups attached to an aromatic ring is 1. The van der Waals surface area contributed by atoms with Crippen molar-refractivity contribution in [3.05, 3.63) is 35.2 Å². The number of aromatic nitrogens is 2. The molecule has 31 heavy (non-hydrogen) atoms. The van der Waals surface area contributed by atoms with Crippen LogP contribution in [0.3, 0.4) is 0 Å². The van der Waals surface area contributed by atoms with Crippen LogP contribution in [0.15, 0.2) is 18.5 Å². The Morgan fingerprint density at radius 3 is 3.00 bits per heavy atom. The Morgan fingerprint density at radius 1 is 1.29 bits per heavy atom. The molecule has 2 aliphatic rings. The van der Waals surface area contributed by atoms with E-state index in [0.29, 0.717) is 25.3 Å². The highest BCUT2D eigenvalue weighted by Gasteiger charge is 2.36. The summed E-state index contributed by atoms with van der Waals surface area (Å²) in [5.74, 6) is 1.50. The number of nitrogens with one attached hydrogen (secondary N) is 2. The summed E-state index contributed by atoms with van der Waals surface area (Å²) in [5.41, 5.74) is 11.6. The molecule has 0 spiro atoms. The van der Waals surface area contributed by atoms with Gasteiger partial charge in [-0.05, 0) is 61.9 Å². The second kappa shape index (κ2) is 9.21. The number of fused-ring (bicyclic) bond motifs is 3. The zero-order valence-corrected chi connectivity index (χ0v) is 18.5. The molecule has 1 unspecified atom stereocenters. The van der Waals surface area contributed by atoms with Crippen molar-refractivity contribution in [2.45, 2.75) is 64.0 Å². The molecule has 2 heterocycles. The van der Waals surface area contributed by atoms with Crippen LogP contribution in [0.4, 0.5) is 5.82 Å². The molecule has 1 saturated heterocycles. The van der Waals surface area contributed by atoms with E-state index in [9.17, 15) is 0 Å². The molecule has 4 N–H and O–H groups in total. The molecule has 1 atom stereocenters. The maximum Gasteiger partial charge on any atom is 0.131 e. The first kappa shape index (κ1) is 21.5. The fraction of sp³-hybridized carbons (Fsp3) is 0.542. The van der Waals surface area contributed by atoms with Crippen LogP contribution < -0.4 is 21.1 Å². The number of hydrogen-bond donors (Lipinski definition) is 3. The number of hydrogen-bond acceptors (Lipinski definition) is 7. The van der Waals surface area contributed by atoms with Crippen molar-refractivity contribution in [1.29, 1.82) is 5.26 Å². The van der Waals surface area contributed by atoms with Crippen LogP contribution >= 0.6 is 0 Å². The molecule has 4 rings (SSSR count). The Labute approximate surface area is 184 Å². The minimum Gasteiger partial charge on any atom is -0.490 e. The molecular formula is C24H32N6O. The summed E-state index contributed by atoms with van der Waals surface area (Å²) < 4.78 is 6.57. The molecule has 1 aromatic carbocycles. The van der Waals surface area contributed by atoms with Crippen molar-refractivity contribution in [3.63, 3.8) is 0 Å². The zero-order chi connectivity index (χ0) is 21.8. The monoisotopic (exact) mass is 420 g/mol. The van der Waals surface area contributed by atoms with E-state index in [1.165, 1.54) is 11.1 Å². The predicted octanol–water partition coefficient (Wildman–Crippen LogP) is 3.08. The summed E-state index contributed by atoms with van der Waals surface area (Å²) in [6, 6.07) is 6.41. The Bertz CT molecular complexity index is 973. The van der Waals surface area contributed by atoms with Crippen molar-refractivity contribution in [3.8, 4) is 23.1 Å². The number of anilines is 1. The van der Waals surface area contributed by atoms with E-state index in [4.69, 9.17) is 15.7 Å². The number of rotatable bonds is 6. The number of nitrogens with two attached hydrogens (primary N) is 1. The van der Waals surface area contributed by atoms with Gasteiger partial charge in [-0.15, -0.1) is 0 Å². The smallest absolute Gasteiger partial charge is 0.131 e. The molecular weight excluding hydrogens is 388 g/mol. The molecule has 164 valence electrons. The number of nitrogens with zero attached hydrogens (tertiary/aromatic N) is 3. The Balaban J connectivity index is 1.75. The van der Waals surface area contributed by atoms with Crippen LogP contribution in [0.25, 0.3) is 11.3 Å². The fourth-order valence-electron chi connectivity index (χ4n) is 4.84. The van der Waals surface area contributed by atoms with Crippen molar-refractivity contribution in [2.24, 2.45) is 0 Å². The van der Waals surface area contributed by atoms with Crippen LogP contribution in [0.5, 0.6) is 5.75 Å². The van der Waals surface area contributed by atoms with Crippen molar-refractivity contribution < 1.29 is 4.74 Å². The fourth-order valence-corrected chi connectivity index (χ4v) is 4.84. The van der Waals surface area contributed by atoms with Gasteiger partial charge in [-0.2, -0.15) is 5.26 Å². The van der Waals surface area contributed by atoms with Gasteiger partial charge in [0.05, 0.1) is 17.9 Å². The van der Waals surface area contributed by atoms with Crippen molar-refractivity contribution in [2.75, 3.05) is 25.4 Å². The Morgan fingerprint density at radius 2 is 2.16 bits per heavy atom. The topological polar surface area (TPSA) is 109 Å². The molecule has 1 aliphatic heterocycles. The molecule has 0 amide bonds. The molecule has 7 heteroatoms. The predicted molar refractivity (Wildman–Crippen MR) is 122 cm³/mol. The first-order valence-corrected chi connectivity index (χ1v) is 11.2. The largest absolute Gasteiger partial charge is 0.490 e. The molecule has 0 radical (unpaired) electrons. The van der Waals surface area contributed by atoms with E-state index in [-0.39, 0.29) is 11.5 Å². The van der Waals surface area contributed by atoms with Gasteiger partial charge >= 0.3 is 0 Å².